The number of imidazole rings is 1. The zero-order valence-corrected chi connectivity index (χ0v) is 23.9. The molecule has 0 bridgehead atoms. The van der Waals surface area contributed by atoms with Crippen LogP contribution in [-0.4, -0.2) is 39.3 Å². The van der Waals surface area contributed by atoms with Gasteiger partial charge in [-0.15, -0.1) is 0 Å². The van der Waals surface area contributed by atoms with E-state index in [0.29, 0.717) is 16.8 Å². The molecule has 1 amide bonds. The summed E-state index contributed by atoms with van der Waals surface area (Å²) in [6.45, 7) is -0.238. The highest BCUT2D eigenvalue weighted by Gasteiger charge is 2.41. The Balaban J connectivity index is 1.53. The second-order valence-corrected chi connectivity index (χ2v) is 10.7. The number of rotatable bonds is 9. The summed E-state index contributed by atoms with van der Waals surface area (Å²) in [4.78, 5) is 17.0. The van der Waals surface area contributed by atoms with Crippen molar-refractivity contribution in [1.29, 1.82) is 0 Å². The fraction of sp³-hybridized carbons (Fsp3) is 0.135. The first kappa shape index (κ1) is 28.1. The largest absolute Gasteiger partial charge is 0.396 e. The van der Waals surface area contributed by atoms with Gasteiger partial charge in [0.25, 0.3) is 5.91 Å². The minimum atomic E-state index is -1.57. The Morgan fingerprint density at radius 2 is 1.28 bits per heavy atom. The number of benzene rings is 5. The second kappa shape index (κ2) is 11.7. The molecule has 3 N–H and O–H groups in total. The van der Waals surface area contributed by atoms with Gasteiger partial charge in [-0.2, -0.15) is 0 Å². The quantitative estimate of drug-likeness (QED) is 0.191. The van der Waals surface area contributed by atoms with E-state index in [2.05, 4.69) is 46.3 Å². The highest BCUT2D eigenvalue weighted by atomic mass is 16.3. The summed E-state index contributed by atoms with van der Waals surface area (Å²) < 4.78 is 2.06. The first-order valence-electron chi connectivity index (χ1n) is 14.3. The molecule has 6 rings (SSSR count). The van der Waals surface area contributed by atoms with E-state index in [1.807, 2.05) is 91.1 Å². The normalized spacial score (nSPS) is 13.0. The van der Waals surface area contributed by atoms with Gasteiger partial charge in [-0.25, -0.2) is 4.98 Å². The van der Waals surface area contributed by atoms with E-state index in [1.165, 1.54) is 0 Å². The fourth-order valence-electron chi connectivity index (χ4n) is 6.08. The number of carbonyl (C=O) groups is 1. The molecular weight excluding hydrogens is 534 g/mol. The SMILES string of the molecule is CNC(=O)c1ccc2cc([C@@](O)(CCO)c3cn(C(c4ccccc4)(c4ccccc4)c4ccccc4)cn3)ccc2c1. The lowest BCUT2D eigenvalue weighted by atomic mass is 9.76. The number of aliphatic hydroxyl groups excluding tert-OH is 1. The number of aromatic nitrogens is 2. The maximum absolute atomic E-state index is 12.3. The summed E-state index contributed by atoms with van der Waals surface area (Å²) in [6.07, 6.45) is 3.71. The molecule has 0 aliphatic carbocycles. The zero-order valence-electron chi connectivity index (χ0n) is 23.9. The van der Waals surface area contributed by atoms with E-state index in [4.69, 9.17) is 4.98 Å². The van der Waals surface area contributed by atoms with Gasteiger partial charge in [-0.3, -0.25) is 4.79 Å². The van der Waals surface area contributed by atoms with E-state index in [1.54, 1.807) is 19.4 Å². The van der Waals surface area contributed by atoms with E-state index in [-0.39, 0.29) is 18.9 Å². The van der Waals surface area contributed by atoms with Crippen LogP contribution in [0.25, 0.3) is 10.8 Å². The fourth-order valence-corrected chi connectivity index (χ4v) is 6.08. The Labute approximate surface area is 250 Å². The summed E-state index contributed by atoms with van der Waals surface area (Å²) in [5, 5.41) is 26.8. The Bertz CT molecular complexity index is 1760. The maximum atomic E-state index is 12.3. The summed E-state index contributed by atoms with van der Waals surface area (Å²) >= 11 is 0. The topological polar surface area (TPSA) is 87.4 Å². The van der Waals surface area contributed by atoms with Crippen molar-refractivity contribution in [3.8, 4) is 0 Å². The number of hydrogen-bond acceptors (Lipinski definition) is 4. The highest BCUT2D eigenvalue weighted by Crippen LogP contribution is 2.42. The molecule has 1 heterocycles. The van der Waals surface area contributed by atoms with Crippen molar-refractivity contribution in [2.45, 2.75) is 17.6 Å². The lowest BCUT2D eigenvalue weighted by Crippen LogP contribution is -2.37. The Morgan fingerprint density at radius 3 is 1.81 bits per heavy atom. The van der Waals surface area contributed by atoms with Crippen LogP contribution in [0.5, 0.6) is 0 Å². The molecule has 0 spiro atoms. The second-order valence-electron chi connectivity index (χ2n) is 10.7. The molecular formula is C37H33N3O3. The van der Waals surface area contributed by atoms with Crippen LogP contribution in [0.3, 0.4) is 0 Å². The Kier molecular flexibility index (Phi) is 7.63. The van der Waals surface area contributed by atoms with E-state index >= 15 is 0 Å². The van der Waals surface area contributed by atoms with E-state index in [0.717, 1.165) is 27.5 Å². The van der Waals surface area contributed by atoms with Crippen LogP contribution >= 0.6 is 0 Å². The van der Waals surface area contributed by atoms with Gasteiger partial charge in [0.1, 0.15) is 11.1 Å². The predicted molar refractivity (Wildman–Crippen MR) is 169 cm³/mol. The molecule has 1 aromatic heterocycles. The molecule has 0 aliphatic rings. The van der Waals surface area contributed by atoms with Crippen molar-refractivity contribution in [2.75, 3.05) is 13.7 Å². The molecule has 6 aromatic rings. The van der Waals surface area contributed by atoms with Crippen LogP contribution in [0, 0.1) is 0 Å². The molecule has 6 heteroatoms. The van der Waals surface area contributed by atoms with Crippen molar-refractivity contribution < 1.29 is 15.0 Å². The Morgan fingerprint density at radius 1 is 0.744 bits per heavy atom. The summed E-state index contributed by atoms with van der Waals surface area (Å²) in [5.74, 6) is -0.160. The van der Waals surface area contributed by atoms with Gasteiger partial charge >= 0.3 is 0 Å². The smallest absolute Gasteiger partial charge is 0.251 e. The van der Waals surface area contributed by atoms with Crippen LogP contribution < -0.4 is 5.32 Å². The molecule has 6 nitrogen and oxygen atoms in total. The van der Waals surface area contributed by atoms with Gasteiger partial charge in [0.05, 0.1) is 12.0 Å². The highest BCUT2D eigenvalue weighted by molar-refractivity contribution is 5.98. The average Bonchev–Trinajstić information content (AvgIpc) is 3.57. The van der Waals surface area contributed by atoms with Crippen LogP contribution in [-0.2, 0) is 11.1 Å². The summed E-state index contributed by atoms with van der Waals surface area (Å²) in [5.41, 5.74) is 2.37. The van der Waals surface area contributed by atoms with Crippen molar-refractivity contribution >= 4 is 16.7 Å². The lowest BCUT2D eigenvalue weighted by Gasteiger charge is -2.37. The van der Waals surface area contributed by atoms with Gasteiger partial charge in [-0.05, 0) is 51.2 Å². The minimum Gasteiger partial charge on any atom is -0.396 e. The summed E-state index contributed by atoms with van der Waals surface area (Å²) in [6, 6.07) is 41.9. The standard InChI is InChI=1S/C37H33N3O3/c1-38-35(42)29-18-17-28-24-33(20-19-27(28)23-29)36(43,21-22-41)34-25-40(26-39-34)37(30-11-5-2-6-12-30,31-13-7-3-8-14-31)32-15-9-4-10-16-32/h2-20,23-26,41,43H,21-22H2,1H3,(H,38,42)/t36-/m0/s1. The molecule has 1 atom stereocenters. The third-order valence-corrected chi connectivity index (χ3v) is 8.25. The van der Waals surface area contributed by atoms with E-state index < -0.39 is 11.1 Å². The number of nitrogens with one attached hydrogen (secondary N) is 1. The average molecular weight is 568 g/mol. The molecule has 214 valence electrons. The first-order chi connectivity index (χ1) is 21.0. The summed E-state index contributed by atoms with van der Waals surface area (Å²) in [7, 11) is 1.60. The van der Waals surface area contributed by atoms with Crippen molar-refractivity contribution in [1.82, 2.24) is 14.9 Å². The molecule has 0 saturated heterocycles. The number of hydrogen-bond donors (Lipinski definition) is 3. The first-order valence-corrected chi connectivity index (χ1v) is 14.3. The molecule has 5 aromatic carbocycles. The van der Waals surface area contributed by atoms with Gasteiger partial charge in [0, 0.05) is 31.8 Å². The van der Waals surface area contributed by atoms with Gasteiger partial charge in [0.2, 0.25) is 0 Å². The maximum Gasteiger partial charge on any atom is 0.251 e. The Hall–Kier alpha value is -5.04. The molecule has 0 saturated carbocycles. The third kappa shape index (κ3) is 4.91. The van der Waals surface area contributed by atoms with Crippen LogP contribution in [0.2, 0.25) is 0 Å². The van der Waals surface area contributed by atoms with Crippen LogP contribution in [0.15, 0.2) is 140 Å². The molecule has 0 fully saturated rings. The van der Waals surface area contributed by atoms with Gasteiger partial charge in [-0.1, -0.05) is 109 Å². The minimum absolute atomic E-state index is 0.0564. The van der Waals surface area contributed by atoms with Crippen LogP contribution in [0.1, 0.15) is 44.7 Å². The monoisotopic (exact) mass is 567 g/mol. The van der Waals surface area contributed by atoms with Crippen molar-refractivity contribution in [3.05, 3.63) is 173 Å². The number of aliphatic hydroxyl groups is 2. The third-order valence-electron chi connectivity index (χ3n) is 8.25. The molecule has 43 heavy (non-hydrogen) atoms. The van der Waals surface area contributed by atoms with Crippen LogP contribution in [0.4, 0.5) is 0 Å². The van der Waals surface area contributed by atoms with Gasteiger partial charge < -0.3 is 20.1 Å². The van der Waals surface area contributed by atoms with Gasteiger partial charge in [0.15, 0.2) is 0 Å². The lowest BCUT2D eigenvalue weighted by molar-refractivity contribution is 0.0473. The number of carbonyl (C=O) groups excluding carboxylic acids is 1. The van der Waals surface area contributed by atoms with Crippen molar-refractivity contribution in [3.63, 3.8) is 0 Å². The van der Waals surface area contributed by atoms with E-state index in [9.17, 15) is 15.0 Å². The molecule has 0 radical (unpaired) electrons. The zero-order chi connectivity index (χ0) is 29.9. The predicted octanol–water partition coefficient (Wildman–Crippen LogP) is 5.85. The number of amides is 1. The molecule has 0 aliphatic heterocycles. The number of fused-ring (bicyclic) bond motifs is 1. The molecule has 0 unspecified atom stereocenters. The number of nitrogens with zero attached hydrogens (tertiary/aromatic N) is 2. The van der Waals surface area contributed by atoms with Crippen molar-refractivity contribution in [2.24, 2.45) is 0 Å².